The van der Waals surface area contributed by atoms with Crippen molar-refractivity contribution in [1.29, 1.82) is 0 Å². The highest BCUT2D eigenvalue weighted by Crippen LogP contribution is 2.12. The summed E-state index contributed by atoms with van der Waals surface area (Å²) in [5.74, 6) is 1.07. The molecule has 3 rings (SSSR count). The Morgan fingerprint density at radius 2 is 1.79 bits per heavy atom. The van der Waals surface area contributed by atoms with Gasteiger partial charge in [0.25, 0.3) is 5.91 Å². The van der Waals surface area contributed by atoms with Crippen molar-refractivity contribution in [3.8, 4) is 5.75 Å². The molecule has 1 aromatic heterocycles. The van der Waals surface area contributed by atoms with E-state index in [0.717, 1.165) is 23.4 Å². The van der Waals surface area contributed by atoms with E-state index in [2.05, 4.69) is 39.7 Å². The van der Waals surface area contributed by atoms with Gasteiger partial charge in [-0.3, -0.25) is 4.79 Å². The highest BCUT2D eigenvalue weighted by Gasteiger charge is 2.10. The molecule has 0 fully saturated rings. The van der Waals surface area contributed by atoms with E-state index >= 15 is 0 Å². The van der Waals surface area contributed by atoms with Crippen molar-refractivity contribution in [2.24, 2.45) is 0 Å². The Bertz CT molecular complexity index is 971. The molecule has 0 aliphatic carbocycles. The van der Waals surface area contributed by atoms with Crippen LogP contribution in [0.2, 0.25) is 0 Å². The maximum absolute atomic E-state index is 12.5. The van der Waals surface area contributed by atoms with Gasteiger partial charge in [0.2, 0.25) is 5.95 Å². The lowest BCUT2D eigenvalue weighted by Crippen LogP contribution is -2.27. The quantitative estimate of drug-likeness (QED) is 0.614. The number of rotatable bonds is 8. The Kier molecular flexibility index (Phi) is 6.79. The number of methoxy groups -OCH3 is 1. The molecule has 6 heteroatoms. The van der Waals surface area contributed by atoms with Crippen molar-refractivity contribution in [1.82, 2.24) is 15.3 Å². The summed E-state index contributed by atoms with van der Waals surface area (Å²) in [6.07, 6.45) is 0.734. The summed E-state index contributed by atoms with van der Waals surface area (Å²) < 4.78 is 5.16. The number of benzene rings is 2. The second kappa shape index (κ2) is 9.68. The Hall–Kier alpha value is -3.41. The number of anilines is 1. The second-order valence-electron chi connectivity index (χ2n) is 6.85. The zero-order valence-electron chi connectivity index (χ0n) is 17.0. The van der Waals surface area contributed by atoms with Crippen LogP contribution in [0.4, 0.5) is 5.95 Å². The van der Waals surface area contributed by atoms with Gasteiger partial charge in [-0.25, -0.2) is 9.97 Å². The number of nitrogens with one attached hydrogen (secondary N) is 2. The van der Waals surface area contributed by atoms with E-state index in [0.29, 0.717) is 24.7 Å². The minimum atomic E-state index is -0.206. The van der Waals surface area contributed by atoms with Gasteiger partial charge >= 0.3 is 0 Å². The summed E-state index contributed by atoms with van der Waals surface area (Å²) in [7, 11) is 1.64. The Balaban J connectivity index is 1.57. The number of amides is 1. The molecule has 1 amide bonds. The van der Waals surface area contributed by atoms with E-state index in [-0.39, 0.29) is 5.91 Å². The van der Waals surface area contributed by atoms with Gasteiger partial charge in [0, 0.05) is 18.8 Å². The number of nitrogens with zero attached hydrogens (tertiary/aromatic N) is 2. The minimum Gasteiger partial charge on any atom is -0.497 e. The third-order valence-corrected chi connectivity index (χ3v) is 4.64. The number of carbonyl (C=O) groups excluding carboxylic acids is 1. The highest BCUT2D eigenvalue weighted by molar-refractivity contribution is 5.92. The molecule has 1 heterocycles. The van der Waals surface area contributed by atoms with Crippen LogP contribution < -0.4 is 15.4 Å². The number of aryl methyl sites for hydroxylation is 2. The lowest BCUT2D eigenvalue weighted by atomic mass is 10.1. The van der Waals surface area contributed by atoms with Crippen LogP contribution in [0.5, 0.6) is 5.75 Å². The fourth-order valence-electron chi connectivity index (χ4n) is 2.95. The van der Waals surface area contributed by atoms with Crippen molar-refractivity contribution >= 4 is 11.9 Å². The Labute approximate surface area is 171 Å². The van der Waals surface area contributed by atoms with Gasteiger partial charge in [-0.15, -0.1) is 0 Å². The first-order valence-corrected chi connectivity index (χ1v) is 9.60. The van der Waals surface area contributed by atoms with Gasteiger partial charge in [-0.05, 0) is 55.2 Å². The van der Waals surface area contributed by atoms with E-state index < -0.39 is 0 Å². The zero-order chi connectivity index (χ0) is 20.6. The molecule has 29 heavy (non-hydrogen) atoms. The molecular formula is C23H26N4O2. The van der Waals surface area contributed by atoms with Crippen LogP contribution in [-0.4, -0.2) is 29.5 Å². The highest BCUT2D eigenvalue weighted by atomic mass is 16.5. The van der Waals surface area contributed by atoms with E-state index in [4.69, 9.17) is 4.74 Å². The molecule has 3 aromatic rings. The van der Waals surface area contributed by atoms with Crippen LogP contribution in [0.1, 0.15) is 32.9 Å². The number of hydrogen-bond donors (Lipinski definition) is 2. The van der Waals surface area contributed by atoms with Crippen molar-refractivity contribution in [2.45, 2.75) is 26.8 Å². The molecule has 0 atom stereocenters. The molecule has 2 aromatic carbocycles. The summed E-state index contributed by atoms with van der Waals surface area (Å²) >= 11 is 0. The van der Waals surface area contributed by atoms with Crippen LogP contribution in [-0.2, 0) is 13.0 Å². The summed E-state index contributed by atoms with van der Waals surface area (Å²) in [5, 5.41) is 6.14. The predicted molar refractivity (Wildman–Crippen MR) is 114 cm³/mol. The third-order valence-electron chi connectivity index (χ3n) is 4.64. The number of carbonyl (C=O) groups is 1. The molecule has 0 aliphatic rings. The van der Waals surface area contributed by atoms with E-state index in [1.807, 2.05) is 43.3 Å². The Morgan fingerprint density at radius 3 is 2.52 bits per heavy atom. The summed E-state index contributed by atoms with van der Waals surface area (Å²) in [6.45, 7) is 5.05. The smallest absolute Gasteiger partial charge is 0.270 e. The Morgan fingerprint density at radius 1 is 1.03 bits per heavy atom. The monoisotopic (exact) mass is 390 g/mol. The van der Waals surface area contributed by atoms with E-state index in [1.54, 1.807) is 13.2 Å². The number of ether oxygens (including phenoxy) is 1. The molecule has 0 spiro atoms. The first-order valence-electron chi connectivity index (χ1n) is 9.60. The normalized spacial score (nSPS) is 10.4. The maximum Gasteiger partial charge on any atom is 0.270 e. The van der Waals surface area contributed by atoms with E-state index in [9.17, 15) is 4.79 Å². The van der Waals surface area contributed by atoms with Gasteiger partial charge in [0.15, 0.2) is 0 Å². The molecule has 6 nitrogen and oxygen atoms in total. The van der Waals surface area contributed by atoms with Gasteiger partial charge in [0.05, 0.1) is 7.11 Å². The molecule has 0 radical (unpaired) electrons. The van der Waals surface area contributed by atoms with Crippen LogP contribution in [0.3, 0.4) is 0 Å². The van der Waals surface area contributed by atoms with Gasteiger partial charge in [-0.2, -0.15) is 0 Å². The average molecular weight is 390 g/mol. The maximum atomic E-state index is 12.5. The predicted octanol–water partition coefficient (Wildman–Crippen LogP) is 3.69. The summed E-state index contributed by atoms with van der Waals surface area (Å²) in [6, 6.07) is 17.6. The van der Waals surface area contributed by atoms with Crippen molar-refractivity contribution in [3.63, 3.8) is 0 Å². The lowest BCUT2D eigenvalue weighted by molar-refractivity contribution is 0.0949. The van der Waals surface area contributed by atoms with Crippen LogP contribution in [0.25, 0.3) is 0 Å². The third kappa shape index (κ3) is 5.78. The first-order chi connectivity index (χ1) is 14.0. The molecule has 0 bridgehead atoms. The molecule has 0 aliphatic heterocycles. The average Bonchev–Trinajstić information content (AvgIpc) is 2.73. The molecule has 150 valence electrons. The SMILES string of the molecule is COc1ccc(CCNC(=O)c2cc(C)nc(NCc3ccccc3C)n2)cc1. The molecule has 2 N–H and O–H groups in total. The van der Waals surface area contributed by atoms with Crippen molar-refractivity contribution < 1.29 is 9.53 Å². The van der Waals surface area contributed by atoms with Gasteiger partial charge in [-0.1, -0.05) is 36.4 Å². The first kappa shape index (κ1) is 20.3. The number of aromatic nitrogens is 2. The van der Waals surface area contributed by atoms with Crippen molar-refractivity contribution in [3.05, 3.63) is 82.7 Å². The van der Waals surface area contributed by atoms with Gasteiger partial charge in [0.1, 0.15) is 11.4 Å². The molecular weight excluding hydrogens is 364 g/mol. The van der Waals surface area contributed by atoms with Crippen molar-refractivity contribution in [2.75, 3.05) is 19.0 Å². The fraction of sp³-hybridized carbons (Fsp3) is 0.261. The largest absolute Gasteiger partial charge is 0.497 e. The minimum absolute atomic E-state index is 0.206. The lowest BCUT2D eigenvalue weighted by Gasteiger charge is -2.10. The van der Waals surface area contributed by atoms with E-state index in [1.165, 1.54) is 11.1 Å². The van der Waals surface area contributed by atoms with Crippen LogP contribution in [0.15, 0.2) is 54.6 Å². The fourth-order valence-corrected chi connectivity index (χ4v) is 2.95. The second-order valence-corrected chi connectivity index (χ2v) is 6.85. The topological polar surface area (TPSA) is 76.1 Å². The molecule has 0 unspecified atom stereocenters. The number of hydrogen-bond acceptors (Lipinski definition) is 5. The van der Waals surface area contributed by atoms with Crippen LogP contribution >= 0.6 is 0 Å². The zero-order valence-corrected chi connectivity index (χ0v) is 17.0. The van der Waals surface area contributed by atoms with Crippen LogP contribution in [0, 0.1) is 13.8 Å². The summed E-state index contributed by atoms with van der Waals surface area (Å²) in [5.41, 5.74) is 4.60. The van der Waals surface area contributed by atoms with Gasteiger partial charge < -0.3 is 15.4 Å². The molecule has 0 saturated carbocycles. The standard InChI is InChI=1S/C23H26N4O2/c1-16-6-4-5-7-19(16)15-25-23-26-17(2)14-21(27-23)22(28)24-13-12-18-8-10-20(29-3)11-9-18/h4-11,14H,12-13,15H2,1-3H3,(H,24,28)(H,25,26,27). The summed E-state index contributed by atoms with van der Waals surface area (Å²) in [4.78, 5) is 21.3. The molecule has 0 saturated heterocycles.